The molecule has 0 saturated carbocycles. The molecule has 100 valence electrons. The average Bonchev–Trinajstić information content (AvgIpc) is 3.11. The summed E-state index contributed by atoms with van der Waals surface area (Å²) >= 11 is 1.67. The molecule has 6 heteroatoms. The molecule has 3 rings (SSSR count). The van der Waals surface area contributed by atoms with Crippen LogP contribution in [-0.4, -0.2) is 20.7 Å². The molecule has 0 aliphatic rings. The highest BCUT2D eigenvalue weighted by atomic mass is 32.1. The predicted molar refractivity (Wildman–Crippen MR) is 77.0 cm³/mol. The number of thiophene rings is 1. The Bertz CT molecular complexity index is 733. The molecule has 3 aromatic heterocycles. The van der Waals surface area contributed by atoms with Crippen molar-refractivity contribution in [3.63, 3.8) is 0 Å². The number of carbonyl (C=O) groups excluding carboxylic acids is 1. The summed E-state index contributed by atoms with van der Waals surface area (Å²) in [7, 11) is 0. The molecule has 0 radical (unpaired) electrons. The van der Waals surface area contributed by atoms with Gasteiger partial charge in [0.2, 0.25) is 0 Å². The van der Waals surface area contributed by atoms with Crippen LogP contribution in [0.4, 0.5) is 0 Å². The van der Waals surface area contributed by atoms with E-state index in [0.29, 0.717) is 11.3 Å². The number of pyridine rings is 1. The summed E-state index contributed by atoms with van der Waals surface area (Å²) in [6.45, 7) is 0. The average molecular weight is 284 g/mol. The van der Waals surface area contributed by atoms with Crippen LogP contribution in [0.5, 0.6) is 0 Å². The lowest BCUT2D eigenvalue weighted by Gasteiger charge is -2.05. The summed E-state index contributed by atoms with van der Waals surface area (Å²) in [6, 6.07) is 3.68. The van der Waals surface area contributed by atoms with Gasteiger partial charge in [-0.25, -0.2) is 4.68 Å². The van der Waals surface area contributed by atoms with E-state index in [-0.39, 0.29) is 0 Å². The van der Waals surface area contributed by atoms with E-state index in [0.717, 1.165) is 12.0 Å². The van der Waals surface area contributed by atoms with Gasteiger partial charge in [-0.2, -0.15) is 16.4 Å². The number of hydrogen-bond donors (Lipinski definition) is 1. The first kappa shape index (κ1) is 12.6. The third-order valence-corrected chi connectivity index (χ3v) is 3.67. The third-order valence-electron chi connectivity index (χ3n) is 2.94. The number of nitrogens with zero attached hydrogens (tertiary/aromatic N) is 3. The molecule has 1 amide bonds. The third kappa shape index (κ3) is 2.46. The van der Waals surface area contributed by atoms with E-state index in [9.17, 15) is 4.79 Å². The lowest BCUT2D eigenvalue weighted by atomic mass is 10.1. The molecule has 0 bridgehead atoms. The van der Waals surface area contributed by atoms with Crippen molar-refractivity contribution in [2.24, 2.45) is 5.73 Å². The number of rotatable bonds is 4. The molecular weight excluding hydrogens is 272 g/mol. The van der Waals surface area contributed by atoms with E-state index >= 15 is 0 Å². The van der Waals surface area contributed by atoms with Crippen molar-refractivity contribution >= 4 is 17.2 Å². The first-order valence-electron chi connectivity index (χ1n) is 6.03. The van der Waals surface area contributed by atoms with Crippen LogP contribution in [0.2, 0.25) is 0 Å². The smallest absolute Gasteiger partial charge is 0.251 e. The van der Waals surface area contributed by atoms with Gasteiger partial charge in [-0.15, -0.1) is 0 Å². The molecule has 3 heterocycles. The van der Waals surface area contributed by atoms with Gasteiger partial charge in [-0.05, 0) is 34.0 Å². The Hall–Kier alpha value is -2.47. The molecule has 0 unspecified atom stereocenters. The number of aromatic nitrogens is 3. The quantitative estimate of drug-likeness (QED) is 0.796. The van der Waals surface area contributed by atoms with Gasteiger partial charge in [0.1, 0.15) is 0 Å². The summed E-state index contributed by atoms with van der Waals surface area (Å²) < 4.78 is 1.63. The van der Waals surface area contributed by atoms with Crippen molar-refractivity contribution in [2.45, 2.75) is 6.42 Å². The van der Waals surface area contributed by atoms with Crippen LogP contribution in [0.15, 0.2) is 47.7 Å². The highest BCUT2D eigenvalue weighted by Gasteiger charge is 2.11. The summed E-state index contributed by atoms with van der Waals surface area (Å²) in [5.74, 6) is -0.489. The largest absolute Gasteiger partial charge is 0.366 e. The molecule has 0 spiro atoms. The molecule has 0 aliphatic carbocycles. The fraction of sp³-hybridized carbons (Fsp3) is 0.0714. The number of amides is 1. The van der Waals surface area contributed by atoms with Crippen LogP contribution < -0.4 is 5.73 Å². The minimum absolute atomic E-state index is 0.408. The lowest BCUT2D eigenvalue weighted by molar-refractivity contribution is 0.1000. The fourth-order valence-electron chi connectivity index (χ4n) is 1.99. The van der Waals surface area contributed by atoms with Crippen molar-refractivity contribution in [3.8, 4) is 5.69 Å². The molecular formula is C14H12N4OS. The summed E-state index contributed by atoms with van der Waals surface area (Å²) in [6.07, 6.45) is 7.62. The van der Waals surface area contributed by atoms with Gasteiger partial charge >= 0.3 is 0 Å². The van der Waals surface area contributed by atoms with E-state index in [1.54, 1.807) is 40.7 Å². The van der Waals surface area contributed by atoms with Gasteiger partial charge in [0.15, 0.2) is 0 Å². The van der Waals surface area contributed by atoms with Gasteiger partial charge in [0, 0.05) is 18.8 Å². The molecule has 0 fully saturated rings. The standard InChI is InChI=1S/C14H12N4OS/c15-14(19)12-1-3-16-7-13(12)18-8-11(6-17-18)5-10-2-4-20-9-10/h1-4,6-9H,5H2,(H2,15,19). The van der Waals surface area contributed by atoms with Gasteiger partial charge in [-0.1, -0.05) is 0 Å². The zero-order chi connectivity index (χ0) is 13.9. The maximum atomic E-state index is 11.4. The van der Waals surface area contributed by atoms with Crippen molar-refractivity contribution in [1.29, 1.82) is 0 Å². The monoisotopic (exact) mass is 284 g/mol. The van der Waals surface area contributed by atoms with Crippen LogP contribution in [-0.2, 0) is 6.42 Å². The maximum Gasteiger partial charge on any atom is 0.251 e. The number of primary amides is 1. The van der Waals surface area contributed by atoms with E-state index in [4.69, 9.17) is 5.73 Å². The first-order chi connectivity index (χ1) is 9.74. The Morgan fingerprint density at radius 3 is 2.95 bits per heavy atom. The normalized spacial score (nSPS) is 10.6. The van der Waals surface area contributed by atoms with E-state index in [1.807, 2.05) is 11.6 Å². The van der Waals surface area contributed by atoms with Crippen molar-refractivity contribution in [3.05, 3.63) is 64.4 Å². The number of carbonyl (C=O) groups is 1. The Balaban J connectivity index is 1.92. The summed E-state index contributed by atoms with van der Waals surface area (Å²) in [5, 5.41) is 8.44. The van der Waals surface area contributed by atoms with Gasteiger partial charge in [0.05, 0.1) is 23.6 Å². The Labute approximate surface area is 119 Å². The topological polar surface area (TPSA) is 73.8 Å². The molecule has 5 nitrogen and oxygen atoms in total. The molecule has 3 aromatic rings. The Morgan fingerprint density at radius 1 is 1.30 bits per heavy atom. The molecule has 2 N–H and O–H groups in total. The van der Waals surface area contributed by atoms with Crippen molar-refractivity contribution in [2.75, 3.05) is 0 Å². The van der Waals surface area contributed by atoms with Gasteiger partial charge in [0.25, 0.3) is 5.91 Å². The fourth-order valence-corrected chi connectivity index (χ4v) is 2.66. The van der Waals surface area contributed by atoms with Gasteiger partial charge in [-0.3, -0.25) is 9.78 Å². The molecule has 0 aromatic carbocycles. The SMILES string of the molecule is NC(=O)c1ccncc1-n1cc(Cc2ccsc2)cn1. The van der Waals surface area contributed by atoms with E-state index in [1.165, 1.54) is 5.56 Å². The Morgan fingerprint density at radius 2 is 2.20 bits per heavy atom. The summed E-state index contributed by atoms with van der Waals surface area (Å²) in [4.78, 5) is 15.4. The second-order valence-electron chi connectivity index (χ2n) is 4.36. The van der Waals surface area contributed by atoms with E-state index in [2.05, 4.69) is 21.5 Å². The predicted octanol–water partition coefficient (Wildman–Crippen LogP) is 2.02. The highest BCUT2D eigenvalue weighted by Crippen LogP contribution is 2.16. The number of hydrogen-bond acceptors (Lipinski definition) is 4. The van der Waals surface area contributed by atoms with Gasteiger partial charge < -0.3 is 5.73 Å². The van der Waals surface area contributed by atoms with Crippen LogP contribution in [0.1, 0.15) is 21.5 Å². The van der Waals surface area contributed by atoms with Crippen molar-refractivity contribution in [1.82, 2.24) is 14.8 Å². The molecule has 0 aliphatic heterocycles. The van der Waals surface area contributed by atoms with E-state index < -0.39 is 5.91 Å². The van der Waals surface area contributed by atoms with Crippen molar-refractivity contribution < 1.29 is 4.79 Å². The van der Waals surface area contributed by atoms with Crippen LogP contribution >= 0.6 is 11.3 Å². The minimum atomic E-state index is -0.489. The molecule has 0 saturated heterocycles. The molecule has 20 heavy (non-hydrogen) atoms. The zero-order valence-electron chi connectivity index (χ0n) is 10.6. The molecule has 0 atom stereocenters. The van der Waals surface area contributed by atoms with Crippen LogP contribution in [0, 0.1) is 0 Å². The van der Waals surface area contributed by atoms with Crippen LogP contribution in [0.25, 0.3) is 5.69 Å². The maximum absolute atomic E-state index is 11.4. The number of nitrogens with two attached hydrogens (primary N) is 1. The Kier molecular flexibility index (Phi) is 3.30. The minimum Gasteiger partial charge on any atom is -0.366 e. The van der Waals surface area contributed by atoms with Crippen LogP contribution in [0.3, 0.4) is 0 Å². The lowest BCUT2D eigenvalue weighted by Crippen LogP contribution is -2.15. The zero-order valence-corrected chi connectivity index (χ0v) is 11.4. The second kappa shape index (κ2) is 5.26. The second-order valence-corrected chi connectivity index (χ2v) is 5.14. The first-order valence-corrected chi connectivity index (χ1v) is 6.97. The highest BCUT2D eigenvalue weighted by molar-refractivity contribution is 7.07. The summed E-state index contributed by atoms with van der Waals surface area (Å²) in [5.41, 5.74) is 8.68.